The molecule has 2 aliphatic rings. The molecule has 3 atom stereocenters. The van der Waals surface area contributed by atoms with Gasteiger partial charge in [0, 0.05) is 24.5 Å². The van der Waals surface area contributed by atoms with Gasteiger partial charge in [0.15, 0.2) is 0 Å². The van der Waals surface area contributed by atoms with Gasteiger partial charge in [0.05, 0.1) is 20.5 Å². The fourth-order valence-corrected chi connectivity index (χ4v) is 4.82. The molecule has 3 unspecified atom stereocenters. The first-order chi connectivity index (χ1) is 10.2. The second-order valence-corrected chi connectivity index (χ2v) is 7.95. The summed E-state index contributed by atoms with van der Waals surface area (Å²) in [4.78, 5) is 21.2. The molecule has 2 aliphatic heterocycles. The molecule has 1 amide bonds. The van der Waals surface area contributed by atoms with E-state index in [0.717, 1.165) is 33.5 Å². The van der Waals surface area contributed by atoms with Crippen LogP contribution in [0, 0.1) is 12.8 Å². The summed E-state index contributed by atoms with van der Waals surface area (Å²) >= 11 is 3.17. The number of fused-ring (bicyclic) bond motifs is 2. The van der Waals surface area contributed by atoms with Crippen molar-refractivity contribution in [2.75, 3.05) is 19.6 Å². The number of thiazole rings is 1. The minimum Gasteiger partial charge on any atom is -0.347 e. The Morgan fingerprint density at radius 2 is 2.33 bits per heavy atom. The minimum atomic E-state index is 0.0666. The zero-order chi connectivity index (χ0) is 14.4. The van der Waals surface area contributed by atoms with Crippen LogP contribution in [-0.4, -0.2) is 41.5 Å². The third-order valence-corrected chi connectivity index (χ3v) is 6.23. The lowest BCUT2D eigenvalue weighted by Gasteiger charge is -2.22. The molecule has 2 aromatic heterocycles. The van der Waals surface area contributed by atoms with E-state index in [0.29, 0.717) is 12.0 Å². The molecular formula is C15H17N3OS2. The number of aromatic nitrogens is 1. The summed E-state index contributed by atoms with van der Waals surface area (Å²) < 4.78 is 0. The van der Waals surface area contributed by atoms with E-state index in [1.54, 1.807) is 11.3 Å². The number of amides is 1. The summed E-state index contributed by atoms with van der Waals surface area (Å²) in [7, 11) is 0. The van der Waals surface area contributed by atoms with Crippen LogP contribution in [0.2, 0.25) is 0 Å². The predicted molar refractivity (Wildman–Crippen MR) is 86.0 cm³/mol. The summed E-state index contributed by atoms with van der Waals surface area (Å²) in [5.41, 5.74) is 0.979. The van der Waals surface area contributed by atoms with Crippen molar-refractivity contribution < 1.29 is 4.79 Å². The Morgan fingerprint density at radius 1 is 1.43 bits per heavy atom. The van der Waals surface area contributed by atoms with E-state index in [2.05, 4.69) is 15.2 Å². The lowest BCUT2D eigenvalue weighted by molar-refractivity contribution is 0.0928. The topological polar surface area (TPSA) is 45.2 Å². The average molecular weight is 319 g/mol. The van der Waals surface area contributed by atoms with Crippen molar-refractivity contribution in [3.8, 4) is 10.6 Å². The number of piperidine rings is 1. The third-order valence-electron chi connectivity index (χ3n) is 4.35. The highest BCUT2D eigenvalue weighted by Gasteiger charge is 2.38. The van der Waals surface area contributed by atoms with Crippen LogP contribution in [0.1, 0.15) is 21.1 Å². The molecular weight excluding hydrogens is 302 g/mol. The number of aryl methyl sites for hydroxylation is 1. The molecule has 1 N–H and O–H groups in total. The number of carbonyl (C=O) groups is 1. The summed E-state index contributed by atoms with van der Waals surface area (Å²) in [6, 6.07) is 4.24. The fourth-order valence-electron chi connectivity index (χ4n) is 3.26. The van der Waals surface area contributed by atoms with Gasteiger partial charge in [0.1, 0.15) is 0 Å². The van der Waals surface area contributed by atoms with Gasteiger partial charge >= 0.3 is 0 Å². The molecule has 2 aromatic rings. The number of nitrogens with zero attached hydrogens (tertiary/aromatic N) is 2. The van der Waals surface area contributed by atoms with Gasteiger partial charge in [0.25, 0.3) is 5.91 Å². The van der Waals surface area contributed by atoms with Gasteiger partial charge in [-0.15, -0.1) is 22.7 Å². The standard InChI is InChI=1S/C15H17N3OS2/c1-9-16-12(8-20-9)13-2-3-14(21-13)15(19)17-11-7-18-5-4-10(11)6-18/h2-3,8,10-11H,4-7H2,1H3,(H,17,19). The van der Waals surface area contributed by atoms with Gasteiger partial charge in [-0.1, -0.05) is 0 Å². The molecule has 4 heterocycles. The van der Waals surface area contributed by atoms with Crippen molar-refractivity contribution >= 4 is 28.6 Å². The molecule has 4 nitrogen and oxygen atoms in total. The Bertz CT molecular complexity index is 678. The van der Waals surface area contributed by atoms with Crippen molar-refractivity contribution in [2.45, 2.75) is 19.4 Å². The molecule has 0 spiro atoms. The van der Waals surface area contributed by atoms with E-state index in [4.69, 9.17) is 0 Å². The molecule has 2 bridgehead atoms. The van der Waals surface area contributed by atoms with E-state index in [1.165, 1.54) is 24.3 Å². The number of hydrogen-bond donors (Lipinski definition) is 1. The molecule has 0 aromatic carbocycles. The predicted octanol–water partition coefficient (Wildman–Crippen LogP) is 2.61. The van der Waals surface area contributed by atoms with Crippen LogP contribution in [-0.2, 0) is 0 Å². The van der Waals surface area contributed by atoms with Gasteiger partial charge in [-0.2, -0.15) is 0 Å². The smallest absolute Gasteiger partial charge is 0.261 e. The second-order valence-electron chi connectivity index (χ2n) is 5.80. The Kier molecular flexibility index (Phi) is 3.32. The highest BCUT2D eigenvalue weighted by molar-refractivity contribution is 7.17. The first-order valence-electron chi connectivity index (χ1n) is 7.24. The van der Waals surface area contributed by atoms with Crippen molar-refractivity contribution in [1.29, 1.82) is 0 Å². The van der Waals surface area contributed by atoms with Gasteiger partial charge in [-0.3, -0.25) is 4.79 Å². The molecule has 4 rings (SSSR count). The van der Waals surface area contributed by atoms with Crippen LogP contribution in [0.15, 0.2) is 17.5 Å². The fraction of sp³-hybridized carbons (Fsp3) is 0.467. The molecule has 0 radical (unpaired) electrons. The van der Waals surface area contributed by atoms with Crippen molar-refractivity contribution in [3.63, 3.8) is 0 Å². The third kappa shape index (κ3) is 2.52. The number of thiophene rings is 1. The van der Waals surface area contributed by atoms with Crippen LogP contribution in [0.3, 0.4) is 0 Å². The summed E-state index contributed by atoms with van der Waals surface area (Å²) in [5.74, 6) is 0.714. The van der Waals surface area contributed by atoms with E-state index < -0.39 is 0 Å². The van der Waals surface area contributed by atoms with Crippen LogP contribution in [0.25, 0.3) is 10.6 Å². The molecule has 2 saturated heterocycles. The highest BCUT2D eigenvalue weighted by atomic mass is 32.1. The SMILES string of the molecule is Cc1nc(-c2ccc(C(=O)NC3CN4CCC3C4)s2)cs1. The quantitative estimate of drug-likeness (QED) is 0.946. The Balaban J connectivity index is 1.46. The summed E-state index contributed by atoms with van der Waals surface area (Å²) in [5, 5.41) is 6.31. The largest absolute Gasteiger partial charge is 0.347 e. The maximum absolute atomic E-state index is 12.4. The lowest BCUT2D eigenvalue weighted by Crippen LogP contribution is -2.42. The van der Waals surface area contributed by atoms with E-state index >= 15 is 0 Å². The van der Waals surface area contributed by atoms with Crippen LogP contribution in [0.4, 0.5) is 0 Å². The van der Waals surface area contributed by atoms with Crippen molar-refractivity contribution in [2.24, 2.45) is 5.92 Å². The van der Waals surface area contributed by atoms with Gasteiger partial charge in [-0.05, 0) is 37.9 Å². The molecule has 2 fully saturated rings. The number of carbonyl (C=O) groups excluding carboxylic acids is 1. The minimum absolute atomic E-state index is 0.0666. The lowest BCUT2D eigenvalue weighted by atomic mass is 10.00. The zero-order valence-corrected chi connectivity index (χ0v) is 13.5. The maximum atomic E-state index is 12.4. The maximum Gasteiger partial charge on any atom is 0.261 e. The van der Waals surface area contributed by atoms with E-state index in [-0.39, 0.29) is 5.91 Å². The number of hydrogen-bond acceptors (Lipinski definition) is 5. The van der Waals surface area contributed by atoms with Gasteiger partial charge in [0.2, 0.25) is 0 Å². The normalized spacial score (nSPS) is 27.2. The van der Waals surface area contributed by atoms with Crippen LogP contribution >= 0.6 is 22.7 Å². The number of nitrogens with one attached hydrogen (secondary N) is 1. The monoisotopic (exact) mass is 319 g/mol. The van der Waals surface area contributed by atoms with Crippen LogP contribution < -0.4 is 5.32 Å². The Hall–Kier alpha value is -1.24. The van der Waals surface area contributed by atoms with Crippen molar-refractivity contribution in [1.82, 2.24) is 15.2 Å². The molecule has 0 saturated carbocycles. The first kappa shape index (κ1) is 13.4. The molecule has 6 heteroatoms. The van der Waals surface area contributed by atoms with E-state index in [1.807, 2.05) is 24.4 Å². The molecule has 110 valence electrons. The second kappa shape index (κ2) is 5.19. The summed E-state index contributed by atoms with van der Waals surface area (Å²) in [6.45, 7) is 5.36. The van der Waals surface area contributed by atoms with Crippen LogP contribution in [0.5, 0.6) is 0 Å². The van der Waals surface area contributed by atoms with E-state index in [9.17, 15) is 4.79 Å². The number of rotatable bonds is 3. The molecule has 21 heavy (non-hydrogen) atoms. The van der Waals surface area contributed by atoms with Gasteiger partial charge in [-0.25, -0.2) is 4.98 Å². The zero-order valence-electron chi connectivity index (χ0n) is 11.8. The highest BCUT2D eigenvalue weighted by Crippen LogP contribution is 2.30. The van der Waals surface area contributed by atoms with Crippen molar-refractivity contribution in [3.05, 3.63) is 27.4 Å². The Morgan fingerprint density at radius 3 is 3.00 bits per heavy atom. The Labute approximate surface area is 131 Å². The first-order valence-corrected chi connectivity index (χ1v) is 8.94. The van der Waals surface area contributed by atoms with Gasteiger partial charge < -0.3 is 10.2 Å². The average Bonchev–Trinajstić information content (AvgIpc) is 3.22. The summed E-state index contributed by atoms with van der Waals surface area (Å²) in [6.07, 6.45) is 1.22. The molecule has 0 aliphatic carbocycles.